The molecule has 1 rings (SSSR count). The third-order valence-electron chi connectivity index (χ3n) is 4.00. The molecule has 0 aromatic heterocycles. The normalized spacial score (nSPS) is 39.8. The zero-order valence-corrected chi connectivity index (χ0v) is 13.0. The van der Waals surface area contributed by atoms with Crippen LogP contribution in [0.1, 0.15) is 20.3 Å². The summed E-state index contributed by atoms with van der Waals surface area (Å²) in [6.07, 6.45) is -2.30. The average molecular weight is 306 g/mol. The molecule has 0 saturated carbocycles. The molecule has 0 aromatic rings. The van der Waals surface area contributed by atoms with Crippen LogP contribution in [0.25, 0.3) is 0 Å². The number of hydrogen-bond acceptors (Lipinski definition) is 7. The van der Waals surface area contributed by atoms with E-state index in [4.69, 9.17) is 18.9 Å². The minimum absolute atomic E-state index is 0.242. The molecule has 0 aliphatic carbocycles. The van der Waals surface area contributed by atoms with Gasteiger partial charge in [-0.05, 0) is 20.3 Å². The highest BCUT2D eigenvalue weighted by atomic mass is 16.8. The second-order valence-corrected chi connectivity index (χ2v) is 5.31. The van der Waals surface area contributed by atoms with Crippen LogP contribution in [-0.2, 0) is 18.9 Å². The lowest BCUT2D eigenvalue weighted by Crippen LogP contribution is -2.69. The van der Waals surface area contributed by atoms with E-state index in [9.17, 15) is 15.3 Å². The molecule has 0 unspecified atom stereocenters. The molecule has 0 spiro atoms. The number of ether oxygens (including phenoxy) is 4. The smallest absolute Gasteiger partial charge is 0.220 e. The summed E-state index contributed by atoms with van der Waals surface area (Å²) < 4.78 is 22.3. The van der Waals surface area contributed by atoms with Gasteiger partial charge in [-0.2, -0.15) is 0 Å². The molecule has 21 heavy (non-hydrogen) atoms. The maximum absolute atomic E-state index is 10.2. The average Bonchev–Trinajstić information content (AvgIpc) is 2.48. The molecular weight excluding hydrogens is 280 g/mol. The molecular formula is C14H26O7. The van der Waals surface area contributed by atoms with E-state index in [1.54, 1.807) is 13.8 Å². The fourth-order valence-corrected chi connectivity index (χ4v) is 2.34. The molecule has 0 bridgehead atoms. The van der Waals surface area contributed by atoms with Gasteiger partial charge in [-0.15, -0.1) is 6.58 Å². The molecule has 7 nitrogen and oxygen atoms in total. The number of aliphatic hydroxyl groups excluding tert-OH is 3. The summed E-state index contributed by atoms with van der Waals surface area (Å²) in [5, 5.41) is 29.3. The van der Waals surface area contributed by atoms with Crippen molar-refractivity contribution < 1.29 is 34.3 Å². The quantitative estimate of drug-likeness (QED) is 0.560. The van der Waals surface area contributed by atoms with Crippen LogP contribution in [0.15, 0.2) is 12.7 Å². The van der Waals surface area contributed by atoms with Crippen LogP contribution in [0.5, 0.6) is 0 Å². The first-order valence-electron chi connectivity index (χ1n) is 6.82. The Kier molecular flexibility index (Phi) is 6.30. The summed E-state index contributed by atoms with van der Waals surface area (Å²) in [5.41, 5.74) is 0. The van der Waals surface area contributed by atoms with E-state index < -0.39 is 42.6 Å². The molecule has 6 atom stereocenters. The van der Waals surface area contributed by atoms with Gasteiger partial charge in [0.2, 0.25) is 11.6 Å². The summed E-state index contributed by atoms with van der Waals surface area (Å²) in [4.78, 5) is 0. The number of hydrogen-bond donors (Lipinski definition) is 3. The predicted molar refractivity (Wildman–Crippen MR) is 74.5 cm³/mol. The maximum Gasteiger partial charge on any atom is 0.220 e. The van der Waals surface area contributed by atoms with E-state index in [0.717, 1.165) is 0 Å². The highest BCUT2D eigenvalue weighted by Crippen LogP contribution is 2.41. The van der Waals surface area contributed by atoms with Gasteiger partial charge in [-0.3, -0.25) is 0 Å². The van der Waals surface area contributed by atoms with Gasteiger partial charge in [0.15, 0.2) is 0 Å². The molecule has 0 radical (unpaired) electrons. The van der Waals surface area contributed by atoms with Gasteiger partial charge in [0.05, 0.1) is 12.7 Å². The van der Waals surface area contributed by atoms with Crippen LogP contribution in [0.4, 0.5) is 0 Å². The van der Waals surface area contributed by atoms with Gasteiger partial charge < -0.3 is 34.3 Å². The van der Waals surface area contributed by atoms with Crippen LogP contribution >= 0.6 is 0 Å². The minimum Gasteiger partial charge on any atom is -0.394 e. The van der Waals surface area contributed by atoms with Crippen LogP contribution in [0.3, 0.4) is 0 Å². The first kappa shape index (κ1) is 18.5. The predicted octanol–water partition coefficient (Wildman–Crippen LogP) is -0.214. The Morgan fingerprint density at radius 3 is 1.86 bits per heavy atom. The molecule has 1 saturated heterocycles. The molecule has 0 amide bonds. The largest absolute Gasteiger partial charge is 0.394 e. The first-order chi connectivity index (χ1) is 9.78. The molecule has 1 aliphatic heterocycles. The molecule has 0 aromatic carbocycles. The van der Waals surface area contributed by atoms with E-state index in [-0.39, 0.29) is 6.42 Å². The fourth-order valence-electron chi connectivity index (χ4n) is 2.34. The lowest BCUT2D eigenvalue weighted by Gasteiger charge is -2.53. The van der Waals surface area contributed by atoms with Crippen molar-refractivity contribution in [2.45, 2.75) is 56.3 Å². The Morgan fingerprint density at radius 2 is 1.52 bits per heavy atom. The fraction of sp³-hybridized carbons (Fsp3) is 0.857. The summed E-state index contributed by atoms with van der Waals surface area (Å²) in [5.74, 6) is -2.60. The van der Waals surface area contributed by atoms with Gasteiger partial charge in [-0.1, -0.05) is 6.08 Å². The SMILES string of the molecule is C=CC[C@H](O)[C@H]1O[C@](C)(OC)[C@@](C)(OC)O[C@@H]1[C@H](O)CO. The number of methoxy groups -OCH3 is 2. The summed E-state index contributed by atoms with van der Waals surface area (Å²) >= 11 is 0. The zero-order valence-electron chi connectivity index (χ0n) is 13.0. The molecule has 124 valence electrons. The van der Waals surface area contributed by atoms with Crippen LogP contribution in [0.2, 0.25) is 0 Å². The van der Waals surface area contributed by atoms with E-state index in [0.29, 0.717) is 0 Å². The zero-order chi connectivity index (χ0) is 16.3. The lowest BCUT2D eigenvalue weighted by atomic mass is 9.95. The maximum atomic E-state index is 10.2. The first-order valence-corrected chi connectivity index (χ1v) is 6.82. The van der Waals surface area contributed by atoms with Crippen molar-refractivity contribution in [2.75, 3.05) is 20.8 Å². The van der Waals surface area contributed by atoms with Crippen LogP contribution in [-0.4, -0.2) is 72.1 Å². The highest BCUT2D eigenvalue weighted by Gasteiger charge is 2.58. The van der Waals surface area contributed by atoms with Gasteiger partial charge >= 0.3 is 0 Å². The van der Waals surface area contributed by atoms with Crippen molar-refractivity contribution in [2.24, 2.45) is 0 Å². The van der Waals surface area contributed by atoms with E-state index in [1.807, 2.05) is 0 Å². The summed E-state index contributed by atoms with van der Waals surface area (Å²) in [6, 6.07) is 0. The van der Waals surface area contributed by atoms with E-state index in [1.165, 1.54) is 20.3 Å². The van der Waals surface area contributed by atoms with Gasteiger partial charge in [0.1, 0.15) is 18.3 Å². The van der Waals surface area contributed by atoms with Crippen LogP contribution in [0, 0.1) is 0 Å². The van der Waals surface area contributed by atoms with Crippen molar-refractivity contribution in [3.63, 3.8) is 0 Å². The third-order valence-corrected chi connectivity index (χ3v) is 4.00. The van der Waals surface area contributed by atoms with E-state index >= 15 is 0 Å². The second kappa shape index (κ2) is 7.15. The summed E-state index contributed by atoms with van der Waals surface area (Å²) in [6.45, 7) is 6.25. The minimum atomic E-state index is -1.31. The Bertz CT molecular complexity index is 350. The van der Waals surface area contributed by atoms with Gasteiger partial charge in [-0.25, -0.2) is 0 Å². The molecule has 1 heterocycles. The van der Waals surface area contributed by atoms with E-state index in [2.05, 4.69) is 6.58 Å². The van der Waals surface area contributed by atoms with Crippen molar-refractivity contribution in [3.8, 4) is 0 Å². The van der Waals surface area contributed by atoms with Crippen molar-refractivity contribution in [1.29, 1.82) is 0 Å². The van der Waals surface area contributed by atoms with Crippen molar-refractivity contribution >= 4 is 0 Å². The Balaban J connectivity index is 3.13. The Morgan fingerprint density at radius 1 is 1.10 bits per heavy atom. The van der Waals surface area contributed by atoms with Crippen molar-refractivity contribution in [3.05, 3.63) is 12.7 Å². The molecule has 7 heteroatoms. The van der Waals surface area contributed by atoms with Crippen molar-refractivity contribution in [1.82, 2.24) is 0 Å². The van der Waals surface area contributed by atoms with Crippen LogP contribution < -0.4 is 0 Å². The number of rotatable bonds is 7. The lowest BCUT2D eigenvalue weighted by molar-refractivity contribution is -0.460. The Labute approximate surface area is 125 Å². The molecule has 3 N–H and O–H groups in total. The third kappa shape index (κ3) is 3.45. The summed E-state index contributed by atoms with van der Waals surface area (Å²) in [7, 11) is 2.85. The van der Waals surface area contributed by atoms with Gasteiger partial charge in [0, 0.05) is 14.2 Å². The topological polar surface area (TPSA) is 97.6 Å². The monoisotopic (exact) mass is 306 g/mol. The van der Waals surface area contributed by atoms with Gasteiger partial charge in [0.25, 0.3) is 0 Å². The molecule has 1 fully saturated rings. The number of aliphatic hydroxyl groups is 3. The highest BCUT2D eigenvalue weighted by molar-refractivity contribution is 4.97. The molecule has 1 aliphatic rings. The Hall–Kier alpha value is -0.540. The standard InChI is InChI=1S/C14H26O7/c1-6-7-9(16)11-12(10(17)8-15)21-14(3,19-5)13(2,18-4)20-11/h6,9-12,15-17H,1,7-8H2,2-5H3/t9-,10+,11+,12+,13-,14-/m0/s1. The second-order valence-electron chi connectivity index (χ2n) is 5.31.